The van der Waals surface area contributed by atoms with Crippen LogP contribution in [0.4, 0.5) is 0 Å². The van der Waals surface area contributed by atoms with Gasteiger partial charge in [-0.2, -0.15) is 0 Å². The van der Waals surface area contributed by atoms with Crippen LogP contribution in [0.1, 0.15) is 31.9 Å². The van der Waals surface area contributed by atoms with Gasteiger partial charge < -0.3 is 29.1 Å². The summed E-state index contributed by atoms with van der Waals surface area (Å²) in [6.45, 7) is 7.24. The largest absolute Gasteiger partial charge is 0.491 e. The minimum Gasteiger partial charge on any atom is -0.491 e. The molecule has 7 nitrogen and oxygen atoms in total. The third kappa shape index (κ3) is 8.25. The second-order valence-electron chi connectivity index (χ2n) is 11.4. The molecule has 2 N–H and O–H groups in total. The van der Waals surface area contributed by atoms with E-state index in [1.165, 1.54) is 0 Å². The Bertz CT molecular complexity index is 1680. The molecule has 1 heterocycles. The Hall–Kier alpha value is -4.59. The Morgan fingerprint density at radius 3 is 2.00 bits per heavy atom. The van der Waals surface area contributed by atoms with E-state index in [0.717, 1.165) is 11.1 Å². The highest BCUT2D eigenvalue weighted by molar-refractivity contribution is 5.83. The number of fused-ring (bicyclic) bond motifs is 1. The van der Waals surface area contributed by atoms with E-state index < -0.39 is 6.10 Å². The van der Waals surface area contributed by atoms with Crippen LogP contribution in [0.2, 0.25) is 0 Å². The number of nitrogens with one attached hydrogen (secondary N) is 1. The molecule has 1 aromatic heterocycles. The smallest absolute Gasteiger partial charge is 0.235 e. The molecule has 0 aliphatic heterocycles. The van der Waals surface area contributed by atoms with E-state index in [1.807, 2.05) is 106 Å². The average molecular weight is 580 g/mol. The topological polar surface area (TPSA) is 90.2 Å². The van der Waals surface area contributed by atoms with Gasteiger partial charge in [-0.15, -0.1) is 0 Å². The van der Waals surface area contributed by atoms with Crippen LogP contribution in [-0.2, 0) is 13.2 Å². The van der Waals surface area contributed by atoms with Crippen LogP contribution in [0.5, 0.6) is 17.2 Å². The van der Waals surface area contributed by atoms with Crippen molar-refractivity contribution in [2.75, 3.05) is 13.2 Å². The first kappa shape index (κ1) is 29.9. The molecule has 4 aromatic carbocycles. The average Bonchev–Trinajstić information content (AvgIpc) is 3.02. The fourth-order valence-electron chi connectivity index (χ4n) is 4.42. The number of aliphatic hydroxyl groups is 1. The highest BCUT2D eigenvalue weighted by Crippen LogP contribution is 2.33. The predicted molar refractivity (Wildman–Crippen MR) is 169 cm³/mol. The van der Waals surface area contributed by atoms with E-state index in [2.05, 4.69) is 5.32 Å². The van der Waals surface area contributed by atoms with Crippen LogP contribution in [0, 0.1) is 0 Å². The summed E-state index contributed by atoms with van der Waals surface area (Å²) in [7, 11) is 0. The fraction of sp³-hybridized carbons (Fsp3) is 0.250. The Labute approximate surface area is 251 Å². The van der Waals surface area contributed by atoms with E-state index in [4.69, 9.17) is 18.6 Å². The number of hydrogen-bond donors (Lipinski definition) is 2. The molecule has 5 aromatic rings. The number of rotatable bonds is 12. The van der Waals surface area contributed by atoms with E-state index in [-0.39, 0.29) is 29.9 Å². The molecule has 0 fully saturated rings. The van der Waals surface area contributed by atoms with Crippen molar-refractivity contribution >= 4 is 11.0 Å². The summed E-state index contributed by atoms with van der Waals surface area (Å²) in [5.41, 5.74) is 2.63. The lowest BCUT2D eigenvalue weighted by molar-refractivity contribution is 0.100. The van der Waals surface area contributed by atoms with Crippen molar-refractivity contribution in [3.05, 3.63) is 124 Å². The Morgan fingerprint density at radius 1 is 0.767 bits per heavy atom. The second kappa shape index (κ2) is 13.6. The van der Waals surface area contributed by atoms with Crippen LogP contribution >= 0.6 is 0 Å². The van der Waals surface area contributed by atoms with Gasteiger partial charge in [-0.05, 0) is 68.3 Å². The summed E-state index contributed by atoms with van der Waals surface area (Å²) in [6, 6.07) is 32.0. The summed E-state index contributed by atoms with van der Waals surface area (Å²) < 4.78 is 24.2. The Kier molecular flexibility index (Phi) is 9.45. The monoisotopic (exact) mass is 579 g/mol. The number of aliphatic hydroxyl groups excluding tert-OH is 1. The zero-order valence-electron chi connectivity index (χ0n) is 24.7. The summed E-state index contributed by atoms with van der Waals surface area (Å²) in [4.78, 5) is 13.7. The molecule has 0 radical (unpaired) electrons. The van der Waals surface area contributed by atoms with Crippen molar-refractivity contribution in [2.24, 2.45) is 0 Å². The number of ether oxygens (including phenoxy) is 3. The van der Waals surface area contributed by atoms with Gasteiger partial charge in [0.05, 0.1) is 5.39 Å². The molecule has 0 aliphatic rings. The molecule has 0 amide bonds. The maximum absolute atomic E-state index is 13.7. The minimum atomic E-state index is -0.700. The van der Waals surface area contributed by atoms with Gasteiger partial charge in [-0.1, -0.05) is 60.7 Å². The highest BCUT2D eigenvalue weighted by atomic mass is 16.5. The van der Waals surface area contributed by atoms with Gasteiger partial charge in [0.1, 0.15) is 43.0 Å². The first-order valence-corrected chi connectivity index (χ1v) is 14.4. The van der Waals surface area contributed by atoms with Gasteiger partial charge in [-0.3, -0.25) is 4.79 Å². The van der Waals surface area contributed by atoms with Crippen molar-refractivity contribution in [1.29, 1.82) is 0 Å². The van der Waals surface area contributed by atoms with Gasteiger partial charge in [0.25, 0.3) is 0 Å². The SMILES string of the molecule is CC(C)(C)NCC(O)COc1ccc2c(=O)c(OCc3ccccc3)c(-c3ccc(OCc4ccccc4)cc3)oc2c1. The van der Waals surface area contributed by atoms with E-state index in [9.17, 15) is 9.90 Å². The van der Waals surface area contributed by atoms with Gasteiger partial charge >= 0.3 is 0 Å². The van der Waals surface area contributed by atoms with Gasteiger partial charge in [0.2, 0.25) is 11.2 Å². The molecular formula is C36H37NO6. The molecule has 43 heavy (non-hydrogen) atoms. The zero-order chi connectivity index (χ0) is 30.2. The first-order valence-electron chi connectivity index (χ1n) is 14.4. The molecule has 1 atom stereocenters. The van der Waals surface area contributed by atoms with E-state index in [0.29, 0.717) is 46.9 Å². The standard InChI is InChI=1S/C36H37NO6/c1-36(2,3)37-21-28(38)24-41-30-18-19-31-32(20-30)43-34(35(33(31)39)42-23-26-12-8-5-9-13-26)27-14-16-29(17-15-27)40-22-25-10-6-4-7-11-25/h4-20,28,37-38H,21-24H2,1-3H3. The predicted octanol–water partition coefficient (Wildman–Crippen LogP) is 6.75. The summed E-state index contributed by atoms with van der Waals surface area (Å²) in [6.07, 6.45) is -0.700. The third-order valence-corrected chi connectivity index (χ3v) is 6.72. The zero-order valence-corrected chi connectivity index (χ0v) is 24.7. The van der Waals surface area contributed by atoms with Crippen LogP contribution in [-0.4, -0.2) is 29.9 Å². The van der Waals surface area contributed by atoms with Crippen molar-refractivity contribution in [3.63, 3.8) is 0 Å². The molecule has 0 saturated heterocycles. The summed E-state index contributed by atoms with van der Waals surface area (Å²) in [5, 5.41) is 14.0. The lowest BCUT2D eigenvalue weighted by Crippen LogP contribution is -2.42. The normalized spacial score (nSPS) is 12.2. The first-order chi connectivity index (χ1) is 20.7. The summed E-state index contributed by atoms with van der Waals surface area (Å²) >= 11 is 0. The minimum absolute atomic E-state index is 0.0917. The van der Waals surface area contributed by atoms with Gasteiger partial charge in [0.15, 0.2) is 5.76 Å². The molecule has 5 rings (SSSR count). The lowest BCUT2D eigenvalue weighted by atomic mass is 10.1. The van der Waals surface area contributed by atoms with Gasteiger partial charge in [-0.25, -0.2) is 0 Å². The molecular weight excluding hydrogens is 542 g/mol. The van der Waals surface area contributed by atoms with E-state index >= 15 is 0 Å². The molecule has 0 saturated carbocycles. The van der Waals surface area contributed by atoms with Crippen molar-refractivity contribution in [3.8, 4) is 28.6 Å². The van der Waals surface area contributed by atoms with Crippen LogP contribution < -0.4 is 25.0 Å². The molecule has 0 spiro atoms. The third-order valence-electron chi connectivity index (χ3n) is 6.72. The number of benzene rings is 4. The maximum atomic E-state index is 13.7. The second-order valence-corrected chi connectivity index (χ2v) is 11.4. The molecule has 7 heteroatoms. The molecule has 0 aliphatic carbocycles. The quantitative estimate of drug-likeness (QED) is 0.169. The number of β-amino-alcohol motifs (C(OH)–C–C–N with tert-alkyl or cyclic N) is 1. The van der Waals surface area contributed by atoms with Crippen LogP contribution in [0.25, 0.3) is 22.3 Å². The van der Waals surface area contributed by atoms with Crippen molar-refractivity contribution in [2.45, 2.75) is 45.6 Å². The molecule has 222 valence electrons. The van der Waals surface area contributed by atoms with E-state index in [1.54, 1.807) is 18.2 Å². The fourth-order valence-corrected chi connectivity index (χ4v) is 4.42. The van der Waals surface area contributed by atoms with Crippen molar-refractivity contribution < 1.29 is 23.7 Å². The van der Waals surface area contributed by atoms with Gasteiger partial charge in [0, 0.05) is 23.7 Å². The lowest BCUT2D eigenvalue weighted by Gasteiger charge is -2.23. The maximum Gasteiger partial charge on any atom is 0.235 e. The van der Waals surface area contributed by atoms with Crippen LogP contribution in [0.3, 0.4) is 0 Å². The summed E-state index contributed by atoms with van der Waals surface area (Å²) in [5.74, 6) is 1.62. The molecule has 1 unspecified atom stereocenters. The highest BCUT2D eigenvalue weighted by Gasteiger charge is 2.19. The molecule has 0 bridgehead atoms. The van der Waals surface area contributed by atoms with Crippen LogP contribution in [0.15, 0.2) is 112 Å². The van der Waals surface area contributed by atoms with Crippen molar-refractivity contribution in [1.82, 2.24) is 5.32 Å². The number of hydrogen-bond acceptors (Lipinski definition) is 7. The Balaban J connectivity index is 1.41. The Morgan fingerprint density at radius 2 is 1.37 bits per heavy atom.